The molecule has 31 heavy (non-hydrogen) atoms. The van der Waals surface area contributed by atoms with Gasteiger partial charge in [-0.2, -0.15) is 0 Å². The van der Waals surface area contributed by atoms with Gasteiger partial charge in [-0.05, 0) is 31.0 Å². The highest BCUT2D eigenvalue weighted by atomic mass is 35.5. The van der Waals surface area contributed by atoms with Crippen LogP contribution in [-0.2, 0) is 0 Å². The Balaban J connectivity index is 1.49. The first-order valence-corrected chi connectivity index (χ1v) is 10.2. The summed E-state index contributed by atoms with van der Waals surface area (Å²) in [7, 11) is 3.51. The van der Waals surface area contributed by atoms with Crippen LogP contribution in [0, 0.1) is 5.82 Å². The van der Waals surface area contributed by atoms with Crippen molar-refractivity contribution in [1.29, 1.82) is 0 Å². The van der Waals surface area contributed by atoms with Gasteiger partial charge in [0.1, 0.15) is 23.2 Å². The van der Waals surface area contributed by atoms with E-state index in [1.807, 2.05) is 4.90 Å². The van der Waals surface area contributed by atoms with E-state index >= 15 is 0 Å². The molecule has 0 spiro atoms. The van der Waals surface area contributed by atoms with E-state index < -0.39 is 5.82 Å². The van der Waals surface area contributed by atoms with Crippen LogP contribution in [0.25, 0.3) is 11.0 Å². The SMILES string of the molecule is CN(C)C(=O)N1CCC(Nc2ncc3ncnc(Nc4ccc(F)c(Cl)c4)c3n2)CC1. The molecule has 1 aliphatic heterocycles. The zero-order valence-electron chi connectivity index (χ0n) is 17.1. The number of amides is 2. The maximum atomic E-state index is 13.4. The van der Waals surface area contributed by atoms with Crippen molar-refractivity contribution in [3.63, 3.8) is 0 Å². The molecule has 3 aromatic rings. The Hall–Kier alpha value is -3.27. The van der Waals surface area contributed by atoms with Gasteiger partial charge in [-0.25, -0.2) is 29.1 Å². The van der Waals surface area contributed by atoms with Crippen molar-refractivity contribution in [3.8, 4) is 0 Å². The van der Waals surface area contributed by atoms with Gasteiger partial charge >= 0.3 is 6.03 Å². The smallest absolute Gasteiger partial charge is 0.319 e. The maximum Gasteiger partial charge on any atom is 0.319 e. The van der Waals surface area contributed by atoms with Crippen LogP contribution in [0.2, 0.25) is 5.02 Å². The van der Waals surface area contributed by atoms with Gasteiger partial charge in [-0.1, -0.05) is 11.6 Å². The second-order valence-corrected chi connectivity index (χ2v) is 7.89. The van der Waals surface area contributed by atoms with Crippen LogP contribution in [0.1, 0.15) is 12.8 Å². The van der Waals surface area contributed by atoms with Gasteiger partial charge in [-0.15, -0.1) is 0 Å². The molecule has 0 atom stereocenters. The van der Waals surface area contributed by atoms with Crippen LogP contribution in [0.4, 0.5) is 26.6 Å². The van der Waals surface area contributed by atoms with Crippen molar-refractivity contribution in [3.05, 3.63) is 41.6 Å². The van der Waals surface area contributed by atoms with E-state index in [1.54, 1.807) is 31.3 Å². The highest BCUT2D eigenvalue weighted by Crippen LogP contribution is 2.25. The number of hydrogen-bond donors (Lipinski definition) is 2. The molecule has 0 aliphatic carbocycles. The van der Waals surface area contributed by atoms with Crippen molar-refractivity contribution in [2.45, 2.75) is 18.9 Å². The van der Waals surface area contributed by atoms with Gasteiger partial charge in [0.25, 0.3) is 0 Å². The summed E-state index contributed by atoms with van der Waals surface area (Å²) in [6, 6.07) is 4.50. The quantitative estimate of drug-likeness (QED) is 0.635. The Bertz CT molecular complexity index is 1100. The minimum atomic E-state index is -0.494. The van der Waals surface area contributed by atoms with Crippen LogP contribution in [-0.4, -0.2) is 69.0 Å². The lowest BCUT2D eigenvalue weighted by Gasteiger charge is -2.33. The number of nitrogens with one attached hydrogen (secondary N) is 2. The largest absolute Gasteiger partial charge is 0.351 e. The van der Waals surface area contributed by atoms with Gasteiger partial charge in [-0.3, -0.25) is 0 Å². The van der Waals surface area contributed by atoms with Crippen molar-refractivity contribution in [1.82, 2.24) is 29.7 Å². The maximum absolute atomic E-state index is 13.4. The van der Waals surface area contributed by atoms with Crippen molar-refractivity contribution < 1.29 is 9.18 Å². The first-order chi connectivity index (χ1) is 14.9. The molecule has 0 unspecified atom stereocenters. The normalized spacial score (nSPS) is 14.5. The number of carbonyl (C=O) groups excluding carboxylic acids is 1. The zero-order chi connectivity index (χ0) is 22.0. The Labute approximate surface area is 183 Å². The molecule has 1 aliphatic rings. The molecule has 4 rings (SSSR count). The van der Waals surface area contributed by atoms with Crippen LogP contribution in [0.15, 0.2) is 30.7 Å². The lowest BCUT2D eigenvalue weighted by Crippen LogP contribution is -2.46. The zero-order valence-corrected chi connectivity index (χ0v) is 17.9. The predicted octanol–water partition coefficient (Wildman–Crippen LogP) is 3.51. The Morgan fingerprint density at radius 1 is 1.23 bits per heavy atom. The number of rotatable bonds is 4. The number of fused-ring (bicyclic) bond motifs is 1. The second-order valence-electron chi connectivity index (χ2n) is 7.49. The van der Waals surface area contributed by atoms with Gasteiger partial charge in [0, 0.05) is 38.9 Å². The number of anilines is 3. The minimum Gasteiger partial charge on any atom is -0.351 e. The molecule has 3 heterocycles. The second kappa shape index (κ2) is 8.84. The summed E-state index contributed by atoms with van der Waals surface area (Å²) in [4.78, 5) is 32.9. The van der Waals surface area contributed by atoms with E-state index in [0.717, 1.165) is 12.8 Å². The number of benzene rings is 1. The average molecular weight is 445 g/mol. The molecule has 2 amide bonds. The summed E-state index contributed by atoms with van der Waals surface area (Å²) in [6.07, 6.45) is 4.63. The highest BCUT2D eigenvalue weighted by molar-refractivity contribution is 6.31. The van der Waals surface area contributed by atoms with E-state index in [9.17, 15) is 9.18 Å². The lowest BCUT2D eigenvalue weighted by molar-refractivity contribution is 0.158. The van der Waals surface area contributed by atoms with E-state index in [2.05, 4.69) is 30.6 Å². The number of hydrogen-bond acceptors (Lipinski definition) is 7. The summed E-state index contributed by atoms with van der Waals surface area (Å²) in [5, 5.41) is 6.46. The first kappa shape index (κ1) is 21.0. The monoisotopic (exact) mass is 444 g/mol. The number of aromatic nitrogens is 4. The molecule has 1 aromatic carbocycles. The summed E-state index contributed by atoms with van der Waals surface area (Å²) in [6.45, 7) is 1.34. The molecule has 0 radical (unpaired) electrons. The van der Waals surface area contributed by atoms with Gasteiger partial charge in [0.15, 0.2) is 5.82 Å². The number of urea groups is 1. The molecule has 162 valence electrons. The molecule has 0 bridgehead atoms. The summed E-state index contributed by atoms with van der Waals surface area (Å²) >= 11 is 5.87. The van der Waals surface area contributed by atoms with Gasteiger partial charge in [0.2, 0.25) is 5.95 Å². The number of nitrogens with zero attached hydrogens (tertiary/aromatic N) is 6. The summed E-state index contributed by atoms with van der Waals surface area (Å²) in [5.41, 5.74) is 1.68. The average Bonchev–Trinajstić information content (AvgIpc) is 2.76. The molecule has 11 heteroatoms. The van der Waals surface area contributed by atoms with Crippen molar-refractivity contribution in [2.24, 2.45) is 0 Å². The molecule has 0 saturated carbocycles. The van der Waals surface area contributed by atoms with Crippen LogP contribution in [0.3, 0.4) is 0 Å². The molecular weight excluding hydrogens is 423 g/mol. The van der Waals surface area contributed by atoms with Gasteiger partial charge in [0.05, 0.1) is 11.2 Å². The predicted molar refractivity (Wildman–Crippen MR) is 117 cm³/mol. The highest BCUT2D eigenvalue weighted by Gasteiger charge is 2.24. The fourth-order valence-corrected chi connectivity index (χ4v) is 3.59. The molecule has 1 saturated heterocycles. The third-order valence-electron chi connectivity index (χ3n) is 5.04. The minimum absolute atomic E-state index is 0.0134. The molecule has 2 aromatic heterocycles. The van der Waals surface area contributed by atoms with Crippen LogP contribution in [0.5, 0.6) is 0 Å². The number of carbonyl (C=O) groups is 1. The fourth-order valence-electron chi connectivity index (χ4n) is 3.41. The number of piperidine rings is 1. The fraction of sp³-hybridized carbons (Fsp3) is 0.350. The Morgan fingerprint density at radius 3 is 2.71 bits per heavy atom. The molecule has 1 fully saturated rings. The van der Waals surface area contributed by atoms with E-state index in [0.29, 0.717) is 41.6 Å². The lowest BCUT2D eigenvalue weighted by atomic mass is 10.1. The van der Waals surface area contributed by atoms with E-state index in [1.165, 1.54) is 18.5 Å². The summed E-state index contributed by atoms with van der Waals surface area (Å²) < 4.78 is 13.4. The first-order valence-electron chi connectivity index (χ1n) is 9.83. The molecule has 9 nitrogen and oxygen atoms in total. The standard InChI is InChI=1S/C20H22ClFN8O/c1-29(2)20(31)30-7-5-12(6-8-30)27-19-23-10-16-17(28-19)18(25-11-24-16)26-13-3-4-15(22)14(21)9-13/h3-4,9-12H,5-8H2,1-2H3,(H,23,27,28)(H,24,25,26). The number of likely N-dealkylation sites (tertiary alicyclic amines) is 1. The van der Waals surface area contributed by atoms with E-state index in [-0.39, 0.29) is 17.1 Å². The third-order valence-corrected chi connectivity index (χ3v) is 5.33. The van der Waals surface area contributed by atoms with Crippen LogP contribution < -0.4 is 10.6 Å². The topological polar surface area (TPSA) is 99.2 Å². The van der Waals surface area contributed by atoms with Crippen LogP contribution >= 0.6 is 11.6 Å². The molecular formula is C20H22ClFN8O. The summed E-state index contributed by atoms with van der Waals surface area (Å²) in [5.74, 6) is 0.427. The Morgan fingerprint density at radius 2 is 2.00 bits per heavy atom. The Kier molecular flexibility index (Phi) is 5.99. The third kappa shape index (κ3) is 4.74. The molecule has 2 N–H and O–H groups in total. The van der Waals surface area contributed by atoms with Gasteiger partial charge < -0.3 is 20.4 Å². The van der Waals surface area contributed by atoms with E-state index in [4.69, 9.17) is 11.6 Å². The van der Waals surface area contributed by atoms with Crippen molar-refractivity contribution >= 4 is 46.1 Å². The van der Waals surface area contributed by atoms with Crippen molar-refractivity contribution in [2.75, 3.05) is 37.8 Å². The number of halogens is 2.